The minimum atomic E-state index is -0.699. The largest absolute Gasteiger partial charge is 0.465 e. The molecule has 0 aliphatic rings. The topological polar surface area (TPSA) is 78.9 Å². The van der Waals surface area contributed by atoms with Crippen LogP contribution in [0, 0.1) is 0 Å². The van der Waals surface area contributed by atoms with Gasteiger partial charge in [-0.15, -0.1) is 0 Å². The lowest BCUT2D eigenvalue weighted by atomic mass is 10.0. The van der Waals surface area contributed by atoms with Gasteiger partial charge in [0.05, 0.1) is 7.11 Å². The van der Waals surface area contributed by atoms with Crippen LogP contribution in [0.5, 0.6) is 11.5 Å². The third-order valence-electron chi connectivity index (χ3n) is 2.85. The fourth-order valence-electron chi connectivity index (χ4n) is 2.05. The highest BCUT2D eigenvalue weighted by atomic mass is 16.6. The first-order valence-corrected chi connectivity index (χ1v) is 6.45. The van der Waals surface area contributed by atoms with E-state index >= 15 is 0 Å². The predicted molar refractivity (Wildman–Crippen MR) is 77.9 cm³/mol. The summed E-state index contributed by atoms with van der Waals surface area (Å²) < 4.78 is 15.0. The number of fused-ring (bicyclic) bond motifs is 1. The van der Waals surface area contributed by atoms with Crippen LogP contribution in [-0.2, 0) is 14.3 Å². The van der Waals surface area contributed by atoms with Crippen LogP contribution >= 0.6 is 0 Å². The fraction of sp³-hybridized carbons (Fsp3) is 0.188. The van der Waals surface area contributed by atoms with Crippen LogP contribution in [0.4, 0.5) is 0 Å². The molecular weight excluding hydrogens is 288 g/mol. The standard InChI is InChI=1S/C16H14O6/c1-9(17)21-14-12-7-5-4-6-11(12)8-13(16(19)20-3)15(14)22-10(2)18/h4-8H,1-3H3. The highest BCUT2D eigenvalue weighted by Crippen LogP contribution is 2.39. The first kappa shape index (κ1) is 15.5. The molecule has 114 valence electrons. The van der Waals surface area contributed by atoms with Crippen molar-refractivity contribution in [3.05, 3.63) is 35.9 Å². The van der Waals surface area contributed by atoms with Crippen LogP contribution in [0.3, 0.4) is 0 Å². The third kappa shape index (κ3) is 3.06. The van der Waals surface area contributed by atoms with Crippen molar-refractivity contribution in [2.75, 3.05) is 7.11 Å². The highest BCUT2D eigenvalue weighted by molar-refractivity contribution is 6.03. The maximum absolute atomic E-state index is 11.9. The molecule has 6 heteroatoms. The van der Waals surface area contributed by atoms with E-state index in [1.165, 1.54) is 27.0 Å². The normalized spacial score (nSPS) is 10.1. The Hall–Kier alpha value is -2.89. The molecule has 0 aliphatic carbocycles. The summed E-state index contributed by atoms with van der Waals surface area (Å²) in [6.07, 6.45) is 0. The number of methoxy groups -OCH3 is 1. The van der Waals surface area contributed by atoms with Crippen LogP contribution in [0.15, 0.2) is 30.3 Å². The number of benzene rings is 2. The van der Waals surface area contributed by atoms with Crippen molar-refractivity contribution in [2.24, 2.45) is 0 Å². The SMILES string of the molecule is COC(=O)c1cc2ccccc2c(OC(C)=O)c1OC(C)=O. The first-order valence-electron chi connectivity index (χ1n) is 6.45. The van der Waals surface area contributed by atoms with Gasteiger partial charge in [0.1, 0.15) is 5.56 Å². The summed E-state index contributed by atoms with van der Waals surface area (Å²) in [6, 6.07) is 8.47. The molecule has 0 unspecified atom stereocenters. The van der Waals surface area contributed by atoms with E-state index < -0.39 is 17.9 Å². The Balaban J connectivity index is 2.83. The molecule has 0 amide bonds. The first-order chi connectivity index (χ1) is 10.4. The summed E-state index contributed by atoms with van der Waals surface area (Å²) in [4.78, 5) is 34.6. The van der Waals surface area contributed by atoms with E-state index in [4.69, 9.17) is 14.2 Å². The molecule has 0 bridgehead atoms. The molecule has 0 spiro atoms. The molecule has 0 heterocycles. The monoisotopic (exact) mass is 302 g/mol. The molecule has 0 N–H and O–H groups in total. The fourth-order valence-corrected chi connectivity index (χ4v) is 2.05. The van der Waals surface area contributed by atoms with E-state index in [9.17, 15) is 14.4 Å². The van der Waals surface area contributed by atoms with Crippen molar-refractivity contribution in [3.63, 3.8) is 0 Å². The molecule has 0 saturated carbocycles. The number of ether oxygens (including phenoxy) is 3. The van der Waals surface area contributed by atoms with E-state index in [1.54, 1.807) is 24.3 Å². The van der Waals surface area contributed by atoms with Gasteiger partial charge in [-0.1, -0.05) is 24.3 Å². The Morgan fingerprint density at radius 3 is 2.09 bits per heavy atom. The summed E-state index contributed by atoms with van der Waals surface area (Å²) in [5.41, 5.74) is 0.00708. The number of hydrogen-bond acceptors (Lipinski definition) is 6. The van der Waals surface area contributed by atoms with Crippen molar-refractivity contribution >= 4 is 28.7 Å². The second-order valence-electron chi connectivity index (χ2n) is 4.48. The average molecular weight is 302 g/mol. The van der Waals surface area contributed by atoms with Crippen LogP contribution in [0.1, 0.15) is 24.2 Å². The number of esters is 3. The summed E-state index contributed by atoms with van der Waals surface area (Å²) in [6.45, 7) is 2.41. The second-order valence-corrected chi connectivity index (χ2v) is 4.48. The van der Waals surface area contributed by atoms with E-state index in [0.29, 0.717) is 10.8 Å². The van der Waals surface area contributed by atoms with Gasteiger partial charge in [0.25, 0.3) is 0 Å². The molecule has 2 rings (SSSR count). The van der Waals surface area contributed by atoms with Crippen LogP contribution < -0.4 is 9.47 Å². The van der Waals surface area contributed by atoms with Gasteiger partial charge in [-0.2, -0.15) is 0 Å². The second kappa shape index (κ2) is 6.26. The Morgan fingerprint density at radius 1 is 0.909 bits per heavy atom. The Bertz CT molecular complexity index is 763. The van der Waals surface area contributed by atoms with Crippen LogP contribution in [-0.4, -0.2) is 25.0 Å². The van der Waals surface area contributed by atoms with Gasteiger partial charge in [0, 0.05) is 19.2 Å². The van der Waals surface area contributed by atoms with Gasteiger partial charge in [-0.3, -0.25) is 9.59 Å². The molecule has 0 aromatic heterocycles. The van der Waals surface area contributed by atoms with Crippen molar-refractivity contribution in [3.8, 4) is 11.5 Å². The summed E-state index contributed by atoms with van der Waals surface area (Å²) in [7, 11) is 1.21. The van der Waals surface area contributed by atoms with Gasteiger partial charge in [-0.05, 0) is 11.5 Å². The lowest BCUT2D eigenvalue weighted by Gasteiger charge is -2.15. The maximum atomic E-state index is 11.9. The molecule has 2 aromatic rings. The van der Waals surface area contributed by atoms with Crippen LogP contribution in [0.25, 0.3) is 10.8 Å². The van der Waals surface area contributed by atoms with Crippen molar-refractivity contribution < 1.29 is 28.6 Å². The average Bonchev–Trinajstić information content (AvgIpc) is 2.47. The zero-order valence-corrected chi connectivity index (χ0v) is 12.3. The number of carbonyl (C=O) groups is 3. The molecule has 0 aliphatic heterocycles. The highest BCUT2D eigenvalue weighted by Gasteiger charge is 2.24. The van der Waals surface area contributed by atoms with Gasteiger partial charge in [0.15, 0.2) is 11.5 Å². The van der Waals surface area contributed by atoms with Gasteiger partial charge < -0.3 is 14.2 Å². The zero-order valence-electron chi connectivity index (χ0n) is 12.3. The molecule has 2 aromatic carbocycles. The van der Waals surface area contributed by atoms with Gasteiger partial charge >= 0.3 is 17.9 Å². The quantitative estimate of drug-likeness (QED) is 0.640. The Labute approximate surface area is 126 Å². The molecule has 0 radical (unpaired) electrons. The van der Waals surface area contributed by atoms with Crippen LogP contribution in [0.2, 0.25) is 0 Å². The molecular formula is C16H14O6. The Morgan fingerprint density at radius 2 is 1.50 bits per heavy atom. The number of hydrogen-bond donors (Lipinski definition) is 0. The summed E-state index contributed by atoms with van der Waals surface area (Å²) in [5, 5.41) is 1.19. The van der Waals surface area contributed by atoms with Crippen molar-refractivity contribution in [2.45, 2.75) is 13.8 Å². The lowest BCUT2D eigenvalue weighted by Crippen LogP contribution is -2.12. The van der Waals surface area contributed by atoms with E-state index in [1.807, 2.05) is 0 Å². The van der Waals surface area contributed by atoms with Gasteiger partial charge in [-0.25, -0.2) is 4.79 Å². The molecule has 0 fully saturated rings. The molecule has 0 atom stereocenters. The number of rotatable bonds is 3. The summed E-state index contributed by atoms with van der Waals surface area (Å²) in [5.74, 6) is -2.06. The number of carbonyl (C=O) groups excluding carboxylic acids is 3. The van der Waals surface area contributed by atoms with Crippen molar-refractivity contribution in [1.29, 1.82) is 0 Å². The molecule has 22 heavy (non-hydrogen) atoms. The van der Waals surface area contributed by atoms with E-state index in [2.05, 4.69) is 0 Å². The zero-order chi connectivity index (χ0) is 16.3. The third-order valence-corrected chi connectivity index (χ3v) is 2.85. The Kier molecular flexibility index (Phi) is 4.41. The minimum absolute atomic E-state index is 0.00708. The lowest BCUT2D eigenvalue weighted by molar-refractivity contribution is -0.134. The van der Waals surface area contributed by atoms with E-state index in [0.717, 1.165) is 0 Å². The summed E-state index contributed by atoms with van der Waals surface area (Å²) >= 11 is 0. The molecule has 6 nitrogen and oxygen atoms in total. The smallest absolute Gasteiger partial charge is 0.341 e. The predicted octanol–water partition coefficient (Wildman–Crippen LogP) is 2.48. The maximum Gasteiger partial charge on any atom is 0.341 e. The van der Waals surface area contributed by atoms with Crippen molar-refractivity contribution in [1.82, 2.24) is 0 Å². The van der Waals surface area contributed by atoms with E-state index in [-0.39, 0.29) is 17.1 Å². The molecule has 0 saturated heterocycles. The minimum Gasteiger partial charge on any atom is -0.465 e. The van der Waals surface area contributed by atoms with Gasteiger partial charge in [0.2, 0.25) is 0 Å².